The Hall–Kier alpha value is -2.99. The third kappa shape index (κ3) is 4.30. The first kappa shape index (κ1) is 16.9. The molecule has 2 N–H and O–H groups in total. The van der Waals surface area contributed by atoms with Crippen LogP contribution < -0.4 is 10.6 Å². The van der Waals surface area contributed by atoms with Crippen LogP contribution >= 0.6 is 0 Å². The first-order valence-corrected chi connectivity index (χ1v) is 8.12. The second-order valence-electron chi connectivity index (χ2n) is 5.54. The number of anilines is 2. The fourth-order valence-corrected chi connectivity index (χ4v) is 2.47. The molecule has 0 aliphatic rings. The summed E-state index contributed by atoms with van der Waals surface area (Å²) in [6, 6.07) is 13.1. The molecule has 6 nitrogen and oxygen atoms in total. The molecule has 0 aliphatic carbocycles. The lowest BCUT2D eigenvalue weighted by molar-refractivity contribution is 0.102. The van der Waals surface area contributed by atoms with Crippen LogP contribution in [0.15, 0.2) is 54.9 Å². The summed E-state index contributed by atoms with van der Waals surface area (Å²) in [4.78, 5) is 21.0. The second kappa shape index (κ2) is 8.21. The smallest absolute Gasteiger partial charge is 0.274 e. The van der Waals surface area contributed by atoms with Crippen LogP contribution in [0.3, 0.4) is 0 Å². The Morgan fingerprint density at radius 1 is 1.12 bits per heavy atom. The predicted octanol–water partition coefficient (Wildman–Crippen LogP) is 3.33. The Bertz CT molecular complexity index is 844. The van der Waals surface area contributed by atoms with Gasteiger partial charge >= 0.3 is 0 Å². The molecule has 1 aromatic carbocycles. The highest BCUT2D eigenvalue weighted by Gasteiger charge is 2.10. The average molecular weight is 336 g/mol. The van der Waals surface area contributed by atoms with Gasteiger partial charge in [-0.2, -0.15) is 0 Å². The number of amides is 1. The zero-order valence-electron chi connectivity index (χ0n) is 14.0. The van der Waals surface area contributed by atoms with Crippen LogP contribution in [0.1, 0.15) is 16.9 Å². The van der Waals surface area contributed by atoms with Crippen molar-refractivity contribution in [2.24, 2.45) is 0 Å². The van der Waals surface area contributed by atoms with Crippen molar-refractivity contribution < 1.29 is 9.53 Å². The van der Waals surface area contributed by atoms with Crippen LogP contribution in [0, 0.1) is 0 Å². The van der Waals surface area contributed by atoms with Crippen molar-refractivity contribution in [3.05, 3.63) is 60.6 Å². The van der Waals surface area contributed by atoms with Gasteiger partial charge in [-0.15, -0.1) is 0 Å². The molecule has 0 bridgehead atoms. The Kier molecular flexibility index (Phi) is 5.53. The minimum atomic E-state index is -0.260. The van der Waals surface area contributed by atoms with Crippen LogP contribution in [-0.4, -0.2) is 36.1 Å². The number of nitrogens with one attached hydrogen (secondary N) is 2. The van der Waals surface area contributed by atoms with Crippen molar-refractivity contribution in [2.45, 2.75) is 6.42 Å². The van der Waals surface area contributed by atoms with E-state index < -0.39 is 0 Å². The quantitative estimate of drug-likeness (QED) is 0.647. The highest BCUT2D eigenvalue weighted by molar-refractivity contribution is 6.07. The van der Waals surface area contributed by atoms with Gasteiger partial charge in [0.25, 0.3) is 5.91 Å². The van der Waals surface area contributed by atoms with E-state index in [1.165, 1.54) is 0 Å². The molecule has 0 saturated carbocycles. The standard InChI is InChI=1S/C19H20N4O2/c1-25-12-4-11-20-15-8-9-17(22-13-15)19(24)23-16-7-2-5-14-6-3-10-21-18(14)16/h2-3,5-10,13,20H,4,11-12H2,1H3,(H,23,24). The highest BCUT2D eigenvalue weighted by Crippen LogP contribution is 2.21. The molecule has 0 fully saturated rings. The van der Waals surface area contributed by atoms with E-state index >= 15 is 0 Å². The average Bonchev–Trinajstić information content (AvgIpc) is 2.66. The lowest BCUT2D eigenvalue weighted by Gasteiger charge is -2.09. The summed E-state index contributed by atoms with van der Waals surface area (Å²) < 4.78 is 5.00. The predicted molar refractivity (Wildman–Crippen MR) is 98.9 cm³/mol. The molecular weight excluding hydrogens is 316 g/mol. The Balaban J connectivity index is 1.66. The van der Waals surface area contributed by atoms with E-state index in [9.17, 15) is 4.79 Å². The third-order valence-corrected chi connectivity index (χ3v) is 3.73. The molecule has 3 rings (SSSR count). The number of benzene rings is 1. The van der Waals surface area contributed by atoms with E-state index in [1.807, 2.05) is 36.4 Å². The van der Waals surface area contributed by atoms with Gasteiger partial charge < -0.3 is 15.4 Å². The van der Waals surface area contributed by atoms with Gasteiger partial charge in [0.15, 0.2) is 0 Å². The Labute approximate surface area is 146 Å². The number of hydrogen-bond acceptors (Lipinski definition) is 5. The van der Waals surface area contributed by atoms with Gasteiger partial charge in [-0.3, -0.25) is 9.78 Å². The molecule has 2 heterocycles. The summed E-state index contributed by atoms with van der Waals surface area (Å²) in [5, 5.41) is 7.09. The van der Waals surface area contributed by atoms with Crippen LogP contribution in [0.2, 0.25) is 0 Å². The van der Waals surface area contributed by atoms with Crippen LogP contribution in [0.4, 0.5) is 11.4 Å². The van der Waals surface area contributed by atoms with Gasteiger partial charge in [0, 0.05) is 31.8 Å². The fraction of sp³-hybridized carbons (Fsp3) is 0.211. The van der Waals surface area contributed by atoms with Gasteiger partial charge in [0.2, 0.25) is 0 Å². The molecule has 128 valence electrons. The summed E-state index contributed by atoms with van der Waals surface area (Å²) in [6.45, 7) is 1.50. The van der Waals surface area contributed by atoms with E-state index in [-0.39, 0.29) is 5.91 Å². The molecular formula is C19H20N4O2. The van der Waals surface area contributed by atoms with Crippen molar-refractivity contribution >= 4 is 28.2 Å². The van der Waals surface area contributed by atoms with Crippen molar-refractivity contribution in [3.8, 4) is 0 Å². The zero-order valence-corrected chi connectivity index (χ0v) is 14.0. The lowest BCUT2D eigenvalue weighted by Crippen LogP contribution is -2.14. The molecule has 0 atom stereocenters. The molecule has 0 radical (unpaired) electrons. The number of methoxy groups -OCH3 is 1. The van der Waals surface area contributed by atoms with E-state index in [4.69, 9.17) is 4.74 Å². The van der Waals surface area contributed by atoms with E-state index in [0.717, 1.165) is 29.6 Å². The molecule has 1 amide bonds. The van der Waals surface area contributed by atoms with Gasteiger partial charge in [-0.1, -0.05) is 18.2 Å². The number of ether oxygens (including phenoxy) is 1. The monoisotopic (exact) mass is 336 g/mol. The van der Waals surface area contributed by atoms with Gasteiger partial charge in [0.05, 0.1) is 23.1 Å². The van der Waals surface area contributed by atoms with Crippen LogP contribution in [0.25, 0.3) is 10.9 Å². The highest BCUT2D eigenvalue weighted by atomic mass is 16.5. The molecule has 25 heavy (non-hydrogen) atoms. The second-order valence-corrected chi connectivity index (χ2v) is 5.54. The maximum Gasteiger partial charge on any atom is 0.274 e. The summed E-state index contributed by atoms with van der Waals surface area (Å²) in [5.41, 5.74) is 2.66. The molecule has 2 aromatic heterocycles. The number of carbonyl (C=O) groups excluding carboxylic acids is 1. The first-order valence-electron chi connectivity index (χ1n) is 8.12. The number of para-hydroxylation sites is 1. The summed E-state index contributed by atoms with van der Waals surface area (Å²) in [6.07, 6.45) is 4.27. The fourth-order valence-electron chi connectivity index (χ4n) is 2.47. The Morgan fingerprint density at radius 3 is 2.80 bits per heavy atom. The summed E-state index contributed by atoms with van der Waals surface area (Å²) >= 11 is 0. The Morgan fingerprint density at radius 2 is 2.00 bits per heavy atom. The molecule has 3 aromatic rings. The largest absolute Gasteiger partial charge is 0.385 e. The van der Waals surface area contributed by atoms with Gasteiger partial charge in [-0.05, 0) is 30.7 Å². The number of aromatic nitrogens is 2. The van der Waals surface area contributed by atoms with Crippen LogP contribution in [-0.2, 0) is 4.74 Å². The van der Waals surface area contributed by atoms with E-state index in [2.05, 4.69) is 20.6 Å². The van der Waals surface area contributed by atoms with Crippen molar-refractivity contribution in [1.29, 1.82) is 0 Å². The molecule has 6 heteroatoms. The lowest BCUT2D eigenvalue weighted by atomic mass is 10.2. The maximum absolute atomic E-state index is 12.4. The number of hydrogen-bond donors (Lipinski definition) is 2. The minimum Gasteiger partial charge on any atom is -0.385 e. The molecule has 0 aliphatic heterocycles. The zero-order chi connectivity index (χ0) is 17.5. The van der Waals surface area contributed by atoms with Crippen LogP contribution in [0.5, 0.6) is 0 Å². The van der Waals surface area contributed by atoms with E-state index in [0.29, 0.717) is 18.0 Å². The SMILES string of the molecule is COCCCNc1ccc(C(=O)Nc2cccc3cccnc23)nc1. The first-order chi connectivity index (χ1) is 12.3. The van der Waals surface area contributed by atoms with Crippen molar-refractivity contribution in [1.82, 2.24) is 9.97 Å². The summed E-state index contributed by atoms with van der Waals surface area (Å²) in [5.74, 6) is -0.260. The number of rotatable bonds is 7. The normalized spacial score (nSPS) is 10.6. The number of carbonyl (C=O) groups is 1. The minimum absolute atomic E-state index is 0.260. The third-order valence-electron chi connectivity index (χ3n) is 3.73. The number of nitrogens with zero attached hydrogens (tertiary/aromatic N) is 2. The van der Waals surface area contributed by atoms with Gasteiger partial charge in [-0.25, -0.2) is 4.98 Å². The topological polar surface area (TPSA) is 76.1 Å². The molecule has 0 saturated heterocycles. The number of fused-ring (bicyclic) bond motifs is 1. The van der Waals surface area contributed by atoms with Gasteiger partial charge in [0.1, 0.15) is 5.69 Å². The van der Waals surface area contributed by atoms with Crippen molar-refractivity contribution in [2.75, 3.05) is 30.9 Å². The molecule has 0 spiro atoms. The number of pyridine rings is 2. The maximum atomic E-state index is 12.4. The molecule has 0 unspecified atom stereocenters. The van der Waals surface area contributed by atoms with E-state index in [1.54, 1.807) is 25.6 Å². The summed E-state index contributed by atoms with van der Waals surface area (Å²) in [7, 11) is 1.68. The van der Waals surface area contributed by atoms with Crippen molar-refractivity contribution in [3.63, 3.8) is 0 Å².